The molecule has 0 unspecified atom stereocenters. The minimum atomic E-state index is 0.0221. The predicted octanol–water partition coefficient (Wildman–Crippen LogP) is 4.90. The highest BCUT2D eigenvalue weighted by Gasteiger charge is 2.08. The van der Waals surface area contributed by atoms with Crippen molar-refractivity contribution in [3.8, 4) is 16.3 Å². The maximum Gasteiger partial charge on any atom is 0.220 e. The Balaban J connectivity index is 1.41. The van der Waals surface area contributed by atoms with Gasteiger partial charge in [0.05, 0.1) is 18.8 Å². The fourth-order valence-electron chi connectivity index (χ4n) is 2.74. The summed E-state index contributed by atoms with van der Waals surface area (Å²) in [6, 6.07) is 16.1. The van der Waals surface area contributed by atoms with E-state index in [-0.39, 0.29) is 5.91 Å². The van der Waals surface area contributed by atoms with Gasteiger partial charge in [0.15, 0.2) is 0 Å². The van der Waals surface area contributed by atoms with E-state index in [0.717, 1.165) is 27.6 Å². The number of benzene rings is 2. The van der Waals surface area contributed by atoms with E-state index < -0.39 is 0 Å². The molecule has 0 fully saturated rings. The van der Waals surface area contributed by atoms with Gasteiger partial charge in [-0.15, -0.1) is 11.3 Å². The van der Waals surface area contributed by atoms with Crippen molar-refractivity contribution in [2.75, 3.05) is 6.61 Å². The Morgan fingerprint density at radius 1 is 1.07 bits per heavy atom. The van der Waals surface area contributed by atoms with Crippen LogP contribution in [0.2, 0.25) is 0 Å². The first-order valence-electron chi connectivity index (χ1n) is 9.09. The number of amides is 1. The average Bonchev–Trinajstić information content (AvgIpc) is 3.14. The standard InChI is InChI=1S/C22H24N2O2S/c1-16-8-3-5-10-19(16)22-24-18(15-27-22)14-23-21(25)12-7-13-26-20-11-6-4-9-17(20)2/h3-6,8-11,15H,7,12-14H2,1-2H3,(H,23,25). The van der Waals surface area contributed by atoms with Crippen molar-refractivity contribution in [1.82, 2.24) is 10.3 Å². The van der Waals surface area contributed by atoms with Crippen LogP contribution in [0.5, 0.6) is 5.75 Å². The number of ether oxygens (including phenoxy) is 1. The van der Waals surface area contributed by atoms with Crippen LogP contribution in [0.25, 0.3) is 10.6 Å². The number of aromatic nitrogens is 1. The van der Waals surface area contributed by atoms with Crippen LogP contribution in [0.3, 0.4) is 0 Å². The summed E-state index contributed by atoms with van der Waals surface area (Å²) in [7, 11) is 0. The van der Waals surface area contributed by atoms with Crippen molar-refractivity contribution in [1.29, 1.82) is 0 Å². The average molecular weight is 381 g/mol. The van der Waals surface area contributed by atoms with E-state index in [1.54, 1.807) is 11.3 Å². The van der Waals surface area contributed by atoms with E-state index in [1.807, 2.05) is 48.7 Å². The maximum absolute atomic E-state index is 12.0. The number of nitrogens with zero attached hydrogens (tertiary/aromatic N) is 1. The number of nitrogens with one attached hydrogen (secondary N) is 1. The van der Waals surface area contributed by atoms with Crippen LogP contribution in [0, 0.1) is 13.8 Å². The van der Waals surface area contributed by atoms with Gasteiger partial charge in [-0.1, -0.05) is 42.5 Å². The monoisotopic (exact) mass is 380 g/mol. The molecule has 0 bridgehead atoms. The zero-order valence-corrected chi connectivity index (χ0v) is 16.5. The largest absolute Gasteiger partial charge is 0.493 e. The smallest absolute Gasteiger partial charge is 0.220 e. The van der Waals surface area contributed by atoms with E-state index in [1.165, 1.54) is 5.56 Å². The number of hydrogen-bond donors (Lipinski definition) is 1. The van der Waals surface area contributed by atoms with Crippen LogP contribution in [-0.4, -0.2) is 17.5 Å². The van der Waals surface area contributed by atoms with E-state index in [9.17, 15) is 4.79 Å². The fourth-order valence-corrected chi connectivity index (χ4v) is 3.65. The van der Waals surface area contributed by atoms with Gasteiger partial charge >= 0.3 is 0 Å². The SMILES string of the molecule is Cc1ccccc1OCCCC(=O)NCc1csc(-c2ccccc2C)n1. The second kappa shape index (κ2) is 9.33. The Kier molecular flexibility index (Phi) is 6.60. The van der Waals surface area contributed by atoms with Crippen LogP contribution in [0.1, 0.15) is 29.7 Å². The van der Waals surface area contributed by atoms with Gasteiger partial charge in [-0.2, -0.15) is 0 Å². The van der Waals surface area contributed by atoms with E-state index >= 15 is 0 Å². The molecule has 0 spiro atoms. The molecule has 27 heavy (non-hydrogen) atoms. The minimum Gasteiger partial charge on any atom is -0.493 e. The lowest BCUT2D eigenvalue weighted by Crippen LogP contribution is -2.23. The van der Waals surface area contributed by atoms with Crippen LogP contribution in [0.4, 0.5) is 0 Å². The maximum atomic E-state index is 12.0. The number of aryl methyl sites for hydroxylation is 2. The summed E-state index contributed by atoms with van der Waals surface area (Å²) in [5, 5.41) is 5.93. The second-order valence-electron chi connectivity index (χ2n) is 6.45. The number of para-hydroxylation sites is 1. The molecule has 1 amide bonds. The van der Waals surface area contributed by atoms with E-state index in [4.69, 9.17) is 4.74 Å². The molecule has 0 saturated heterocycles. The summed E-state index contributed by atoms with van der Waals surface area (Å²) in [6.07, 6.45) is 1.13. The van der Waals surface area contributed by atoms with Gasteiger partial charge in [0.25, 0.3) is 0 Å². The van der Waals surface area contributed by atoms with Crippen molar-refractivity contribution in [3.63, 3.8) is 0 Å². The van der Waals surface area contributed by atoms with Crippen LogP contribution < -0.4 is 10.1 Å². The summed E-state index contributed by atoms with van der Waals surface area (Å²) in [5.74, 6) is 0.901. The Hall–Kier alpha value is -2.66. The molecule has 1 heterocycles. The first-order chi connectivity index (χ1) is 13.1. The molecule has 1 aromatic heterocycles. The van der Waals surface area contributed by atoms with Gasteiger partial charge in [-0.05, 0) is 37.5 Å². The fraction of sp³-hybridized carbons (Fsp3) is 0.273. The molecule has 4 nitrogen and oxygen atoms in total. The Labute approximate surface area is 164 Å². The van der Waals surface area contributed by atoms with E-state index in [0.29, 0.717) is 26.0 Å². The van der Waals surface area contributed by atoms with E-state index in [2.05, 4.69) is 29.4 Å². The summed E-state index contributed by atoms with van der Waals surface area (Å²) >= 11 is 1.61. The number of carbonyl (C=O) groups excluding carboxylic acids is 1. The van der Waals surface area contributed by atoms with Crippen LogP contribution in [0.15, 0.2) is 53.9 Å². The molecule has 1 N–H and O–H groups in total. The van der Waals surface area contributed by atoms with Gasteiger partial charge in [0, 0.05) is 17.4 Å². The quantitative estimate of drug-likeness (QED) is 0.565. The number of hydrogen-bond acceptors (Lipinski definition) is 4. The topological polar surface area (TPSA) is 51.2 Å². The lowest BCUT2D eigenvalue weighted by atomic mass is 10.1. The minimum absolute atomic E-state index is 0.0221. The number of thiazole rings is 1. The third-order valence-electron chi connectivity index (χ3n) is 4.29. The number of rotatable bonds is 8. The molecule has 0 radical (unpaired) electrons. The van der Waals surface area contributed by atoms with Crippen LogP contribution in [-0.2, 0) is 11.3 Å². The van der Waals surface area contributed by atoms with Crippen molar-refractivity contribution in [2.24, 2.45) is 0 Å². The Bertz CT molecular complexity index is 905. The summed E-state index contributed by atoms with van der Waals surface area (Å²) in [5.41, 5.74) is 4.35. The zero-order chi connectivity index (χ0) is 19.1. The Morgan fingerprint density at radius 2 is 1.81 bits per heavy atom. The van der Waals surface area contributed by atoms with Crippen molar-refractivity contribution < 1.29 is 9.53 Å². The highest BCUT2D eigenvalue weighted by molar-refractivity contribution is 7.13. The molecule has 2 aromatic carbocycles. The zero-order valence-electron chi connectivity index (χ0n) is 15.7. The summed E-state index contributed by atoms with van der Waals surface area (Å²) in [4.78, 5) is 16.7. The molecule has 0 atom stereocenters. The molecule has 0 aliphatic rings. The first-order valence-corrected chi connectivity index (χ1v) is 9.97. The normalized spacial score (nSPS) is 10.6. The lowest BCUT2D eigenvalue weighted by molar-refractivity contribution is -0.121. The molecular formula is C22H24N2O2S. The summed E-state index contributed by atoms with van der Waals surface area (Å²) < 4.78 is 5.72. The van der Waals surface area contributed by atoms with Gasteiger partial charge in [0.2, 0.25) is 5.91 Å². The molecule has 5 heteroatoms. The van der Waals surface area contributed by atoms with Crippen molar-refractivity contribution >= 4 is 17.2 Å². The summed E-state index contributed by atoms with van der Waals surface area (Å²) in [6.45, 7) is 5.09. The molecule has 0 aliphatic heterocycles. The first kappa shape index (κ1) is 19.1. The molecule has 0 saturated carbocycles. The van der Waals surface area contributed by atoms with Gasteiger partial charge in [-0.25, -0.2) is 4.98 Å². The van der Waals surface area contributed by atoms with Gasteiger partial charge < -0.3 is 10.1 Å². The highest BCUT2D eigenvalue weighted by atomic mass is 32.1. The number of carbonyl (C=O) groups is 1. The van der Waals surface area contributed by atoms with Gasteiger partial charge in [-0.3, -0.25) is 4.79 Å². The third kappa shape index (κ3) is 5.41. The highest BCUT2D eigenvalue weighted by Crippen LogP contribution is 2.26. The molecular weight excluding hydrogens is 356 g/mol. The van der Waals surface area contributed by atoms with Crippen molar-refractivity contribution in [3.05, 3.63) is 70.7 Å². The molecule has 140 valence electrons. The third-order valence-corrected chi connectivity index (χ3v) is 5.22. The van der Waals surface area contributed by atoms with Gasteiger partial charge in [0.1, 0.15) is 10.8 Å². The molecule has 0 aliphatic carbocycles. The molecule has 3 aromatic rings. The second-order valence-corrected chi connectivity index (χ2v) is 7.31. The van der Waals surface area contributed by atoms with Crippen molar-refractivity contribution in [2.45, 2.75) is 33.2 Å². The predicted molar refractivity (Wildman–Crippen MR) is 110 cm³/mol. The molecule has 3 rings (SSSR count). The lowest BCUT2D eigenvalue weighted by Gasteiger charge is -2.08. The Morgan fingerprint density at radius 3 is 2.59 bits per heavy atom. The van der Waals surface area contributed by atoms with Crippen LogP contribution >= 0.6 is 11.3 Å².